The second kappa shape index (κ2) is 6.72. The Hall–Kier alpha value is -0.880. The standard InChI is InChI=1S/C15H21BrN2O2/c1-10(17-8-13(19)9-18(2)3)15-7-11-6-12(16)4-5-14(11)20-15/h4-7,10,13,17,19H,8-9H2,1-3H3. The Morgan fingerprint density at radius 2 is 2.10 bits per heavy atom. The van der Waals surface area contributed by atoms with E-state index in [0.717, 1.165) is 21.2 Å². The van der Waals surface area contributed by atoms with Gasteiger partial charge in [0.2, 0.25) is 0 Å². The zero-order valence-corrected chi connectivity index (χ0v) is 13.6. The highest BCUT2D eigenvalue weighted by Crippen LogP contribution is 2.26. The number of furan rings is 1. The van der Waals surface area contributed by atoms with Crippen LogP contribution in [-0.4, -0.2) is 43.3 Å². The number of benzene rings is 1. The molecule has 20 heavy (non-hydrogen) atoms. The van der Waals surface area contributed by atoms with Crippen molar-refractivity contribution in [2.75, 3.05) is 27.2 Å². The number of fused-ring (bicyclic) bond motifs is 1. The summed E-state index contributed by atoms with van der Waals surface area (Å²) in [6.07, 6.45) is -0.383. The van der Waals surface area contributed by atoms with Gasteiger partial charge in [0, 0.05) is 22.9 Å². The van der Waals surface area contributed by atoms with Crippen LogP contribution in [0.4, 0.5) is 0 Å². The molecule has 110 valence electrons. The van der Waals surface area contributed by atoms with Crippen LogP contribution < -0.4 is 5.32 Å². The molecule has 0 fully saturated rings. The Morgan fingerprint density at radius 1 is 1.35 bits per heavy atom. The third kappa shape index (κ3) is 4.06. The third-order valence-corrected chi connectivity index (χ3v) is 3.65. The molecule has 2 rings (SSSR count). The van der Waals surface area contributed by atoms with Crippen molar-refractivity contribution in [2.45, 2.75) is 19.1 Å². The minimum atomic E-state index is -0.383. The van der Waals surface area contributed by atoms with Gasteiger partial charge in [-0.15, -0.1) is 0 Å². The molecule has 4 nitrogen and oxygen atoms in total. The highest BCUT2D eigenvalue weighted by atomic mass is 79.9. The summed E-state index contributed by atoms with van der Waals surface area (Å²) in [5.74, 6) is 0.884. The van der Waals surface area contributed by atoms with Crippen LogP contribution in [0, 0.1) is 0 Å². The Balaban J connectivity index is 1.98. The molecule has 0 bridgehead atoms. The number of likely N-dealkylation sites (N-methyl/N-ethyl adjacent to an activating group) is 1. The fraction of sp³-hybridized carbons (Fsp3) is 0.467. The molecule has 5 heteroatoms. The van der Waals surface area contributed by atoms with Gasteiger partial charge in [0.25, 0.3) is 0 Å². The van der Waals surface area contributed by atoms with E-state index in [1.807, 2.05) is 50.2 Å². The highest BCUT2D eigenvalue weighted by Gasteiger charge is 2.13. The largest absolute Gasteiger partial charge is 0.459 e. The van der Waals surface area contributed by atoms with E-state index in [9.17, 15) is 5.11 Å². The molecule has 2 aromatic rings. The predicted molar refractivity (Wildman–Crippen MR) is 84.9 cm³/mol. The van der Waals surface area contributed by atoms with Gasteiger partial charge in [0.1, 0.15) is 11.3 Å². The average Bonchev–Trinajstić information content (AvgIpc) is 2.78. The molecule has 0 spiro atoms. The predicted octanol–water partition coefficient (Wildman–Crippen LogP) is 2.77. The first-order chi connectivity index (χ1) is 9.45. The lowest BCUT2D eigenvalue weighted by molar-refractivity contribution is 0.131. The maximum absolute atomic E-state index is 9.85. The van der Waals surface area contributed by atoms with Crippen LogP contribution >= 0.6 is 15.9 Å². The van der Waals surface area contributed by atoms with Crippen molar-refractivity contribution in [1.82, 2.24) is 10.2 Å². The summed E-state index contributed by atoms with van der Waals surface area (Å²) >= 11 is 3.46. The molecular weight excluding hydrogens is 320 g/mol. The molecule has 0 amide bonds. The summed E-state index contributed by atoms with van der Waals surface area (Å²) in [6, 6.07) is 8.06. The Bertz CT molecular complexity index is 568. The summed E-state index contributed by atoms with van der Waals surface area (Å²) in [7, 11) is 3.90. The van der Waals surface area contributed by atoms with E-state index in [-0.39, 0.29) is 12.1 Å². The number of halogens is 1. The van der Waals surface area contributed by atoms with E-state index in [0.29, 0.717) is 13.1 Å². The molecule has 0 aliphatic heterocycles. The van der Waals surface area contributed by atoms with E-state index >= 15 is 0 Å². The Labute approximate surface area is 127 Å². The minimum absolute atomic E-state index is 0.0676. The topological polar surface area (TPSA) is 48.6 Å². The van der Waals surface area contributed by atoms with Gasteiger partial charge in [0.15, 0.2) is 0 Å². The van der Waals surface area contributed by atoms with Crippen LogP contribution in [0.15, 0.2) is 33.2 Å². The van der Waals surface area contributed by atoms with E-state index in [2.05, 4.69) is 21.2 Å². The van der Waals surface area contributed by atoms with Crippen LogP contribution in [0.1, 0.15) is 18.7 Å². The van der Waals surface area contributed by atoms with Crippen molar-refractivity contribution < 1.29 is 9.52 Å². The Kier molecular flexibility index (Phi) is 5.21. The Morgan fingerprint density at radius 3 is 2.80 bits per heavy atom. The van der Waals surface area contributed by atoms with Gasteiger partial charge < -0.3 is 19.7 Å². The molecule has 0 saturated carbocycles. The number of hydrogen-bond donors (Lipinski definition) is 2. The summed E-state index contributed by atoms with van der Waals surface area (Å²) in [5, 5.41) is 14.2. The van der Waals surface area contributed by atoms with Crippen LogP contribution in [0.5, 0.6) is 0 Å². The number of nitrogens with zero attached hydrogens (tertiary/aromatic N) is 1. The van der Waals surface area contributed by atoms with Crippen molar-refractivity contribution >= 4 is 26.9 Å². The van der Waals surface area contributed by atoms with E-state index in [1.54, 1.807) is 0 Å². The quantitative estimate of drug-likeness (QED) is 0.848. The van der Waals surface area contributed by atoms with E-state index in [1.165, 1.54) is 0 Å². The normalized spacial score (nSPS) is 14.9. The van der Waals surface area contributed by atoms with Crippen molar-refractivity contribution in [2.24, 2.45) is 0 Å². The first-order valence-electron chi connectivity index (χ1n) is 6.71. The monoisotopic (exact) mass is 340 g/mol. The van der Waals surface area contributed by atoms with Crippen LogP contribution in [0.3, 0.4) is 0 Å². The van der Waals surface area contributed by atoms with Crippen LogP contribution in [0.2, 0.25) is 0 Å². The maximum atomic E-state index is 9.85. The summed E-state index contributed by atoms with van der Waals surface area (Å²) in [4.78, 5) is 1.97. The van der Waals surface area contributed by atoms with E-state index < -0.39 is 0 Å². The van der Waals surface area contributed by atoms with Crippen molar-refractivity contribution in [1.29, 1.82) is 0 Å². The van der Waals surface area contributed by atoms with Crippen LogP contribution in [0.25, 0.3) is 11.0 Å². The lowest BCUT2D eigenvalue weighted by Gasteiger charge is -2.18. The smallest absolute Gasteiger partial charge is 0.134 e. The van der Waals surface area contributed by atoms with Crippen molar-refractivity contribution in [3.05, 3.63) is 34.5 Å². The second-order valence-corrected chi connectivity index (χ2v) is 6.29. The fourth-order valence-electron chi connectivity index (χ4n) is 2.15. The maximum Gasteiger partial charge on any atom is 0.134 e. The second-order valence-electron chi connectivity index (χ2n) is 5.38. The van der Waals surface area contributed by atoms with Gasteiger partial charge in [-0.25, -0.2) is 0 Å². The summed E-state index contributed by atoms with van der Waals surface area (Å²) < 4.78 is 6.86. The fourth-order valence-corrected chi connectivity index (χ4v) is 2.53. The molecule has 2 atom stereocenters. The van der Waals surface area contributed by atoms with Gasteiger partial charge in [-0.2, -0.15) is 0 Å². The molecule has 0 aliphatic carbocycles. The summed E-state index contributed by atoms with van der Waals surface area (Å²) in [5.41, 5.74) is 0.880. The van der Waals surface area contributed by atoms with Crippen molar-refractivity contribution in [3.63, 3.8) is 0 Å². The first kappa shape index (κ1) is 15.5. The van der Waals surface area contributed by atoms with Gasteiger partial charge in [-0.1, -0.05) is 15.9 Å². The molecule has 1 heterocycles. The third-order valence-electron chi connectivity index (χ3n) is 3.16. The number of aliphatic hydroxyl groups is 1. The number of hydrogen-bond acceptors (Lipinski definition) is 4. The van der Waals surface area contributed by atoms with Gasteiger partial charge in [-0.3, -0.25) is 0 Å². The molecule has 0 aliphatic rings. The lowest BCUT2D eigenvalue weighted by atomic mass is 10.2. The molecular formula is C15H21BrN2O2. The number of nitrogens with one attached hydrogen (secondary N) is 1. The summed E-state index contributed by atoms with van der Waals surface area (Å²) in [6.45, 7) is 3.22. The van der Waals surface area contributed by atoms with Crippen molar-refractivity contribution in [3.8, 4) is 0 Å². The van der Waals surface area contributed by atoms with Gasteiger partial charge in [0.05, 0.1) is 12.1 Å². The number of rotatable bonds is 6. The van der Waals surface area contributed by atoms with Gasteiger partial charge >= 0.3 is 0 Å². The zero-order valence-electron chi connectivity index (χ0n) is 12.1. The molecule has 1 aromatic carbocycles. The molecule has 1 aromatic heterocycles. The zero-order chi connectivity index (χ0) is 14.7. The number of aliphatic hydroxyl groups excluding tert-OH is 1. The lowest BCUT2D eigenvalue weighted by Crippen LogP contribution is -2.35. The minimum Gasteiger partial charge on any atom is -0.459 e. The molecule has 0 saturated heterocycles. The van der Waals surface area contributed by atoms with Gasteiger partial charge in [-0.05, 0) is 45.3 Å². The SMILES string of the molecule is CC(NCC(O)CN(C)C)c1cc2cc(Br)ccc2o1. The van der Waals surface area contributed by atoms with E-state index in [4.69, 9.17) is 4.42 Å². The highest BCUT2D eigenvalue weighted by molar-refractivity contribution is 9.10. The first-order valence-corrected chi connectivity index (χ1v) is 7.50. The van der Waals surface area contributed by atoms with Crippen LogP contribution in [-0.2, 0) is 0 Å². The molecule has 0 radical (unpaired) electrons. The average molecular weight is 341 g/mol. The molecule has 2 N–H and O–H groups in total. The molecule has 2 unspecified atom stereocenters.